The maximum absolute atomic E-state index is 9.87. The van der Waals surface area contributed by atoms with Crippen LogP contribution >= 0.6 is 11.6 Å². The number of aliphatic hydroxyl groups excluding tert-OH is 3. The van der Waals surface area contributed by atoms with Crippen LogP contribution in [0.3, 0.4) is 0 Å². The molecule has 4 atom stereocenters. The van der Waals surface area contributed by atoms with Crippen molar-refractivity contribution in [3.8, 4) is 0 Å². The fourth-order valence-electron chi connectivity index (χ4n) is 2.55. The summed E-state index contributed by atoms with van der Waals surface area (Å²) in [4.78, 5) is 12.6. The zero-order chi connectivity index (χ0) is 17.3. The SMILES string of the molecule is C=C(Cl)C(O)CNc1ncnc2c1ncn2[C@H]1C[C@H](O)[C@@H](CO)O1. The minimum Gasteiger partial charge on any atom is -0.394 e. The highest BCUT2D eigenvalue weighted by atomic mass is 35.5. The van der Waals surface area contributed by atoms with Crippen LogP contribution < -0.4 is 5.32 Å². The summed E-state index contributed by atoms with van der Waals surface area (Å²) in [5.41, 5.74) is 1.01. The first kappa shape index (κ1) is 17.1. The van der Waals surface area contributed by atoms with Crippen LogP contribution in [0.1, 0.15) is 12.6 Å². The van der Waals surface area contributed by atoms with Gasteiger partial charge >= 0.3 is 0 Å². The normalized spacial score (nSPS) is 25.1. The average molecular weight is 356 g/mol. The Kier molecular flexibility index (Phi) is 4.97. The van der Waals surface area contributed by atoms with Gasteiger partial charge in [0.05, 0.1) is 19.0 Å². The second-order valence-electron chi connectivity index (χ2n) is 5.50. The number of aromatic nitrogens is 4. The summed E-state index contributed by atoms with van der Waals surface area (Å²) >= 11 is 5.65. The highest BCUT2D eigenvalue weighted by Crippen LogP contribution is 2.31. The Balaban J connectivity index is 1.83. The first-order valence-electron chi connectivity index (χ1n) is 7.39. The standard InChI is InChI=1S/C14H18ClN5O4/c1-7(15)9(23)3-16-13-12-14(18-5-17-13)20(6-19-12)11-2-8(22)10(4-21)24-11/h5-6,8-11,21-23H,1-4H2,(H,16,17,18)/t8-,9?,10+,11+/m0/s1. The molecule has 3 heterocycles. The molecule has 24 heavy (non-hydrogen) atoms. The number of rotatable bonds is 6. The summed E-state index contributed by atoms with van der Waals surface area (Å²) in [7, 11) is 0. The van der Waals surface area contributed by atoms with E-state index in [1.54, 1.807) is 10.9 Å². The van der Waals surface area contributed by atoms with Crippen molar-refractivity contribution in [3.05, 3.63) is 24.3 Å². The summed E-state index contributed by atoms with van der Waals surface area (Å²) in [5.74, 6) is 0.438. The fraction of sp³-hybridized carbons (Fsp3) is 0.500. The lowest BCUT2D eigenvalue weighted by atomic mass is 10.2. The van der Waals surface area contributed by atoms with Gasteiger partial charge in [0.1, 0.15) is 24.8 Å². The molecular weight excluding hydrogens is 338 g/mol. The van der Waals surface area contributed by atoms with E-state index in [0.29, 0.717) is 23.4 Å². The largest absolute Gasteiger partial charge is 0.394 e. The molecule has 1 aliphatic heterocycles. The van der Waals surface area contributed by atoms with Crippen molar-refractivity contribution in [1.82, 2.24) is 19.5 Å². The van der Waals surface area contributed by atoms with Gasteiger partial charge in [-0.1, -0.05) is 18.2 Å². The predicted molar refractivity (Wildman–Crippen MR) is 86.4 cm³/mol. The Morgan fingerprint density at radius 3 is 2.96 bits per heavy atom. The summed E-state index contributed by atoms with van der Waals surface area (Å²) in [6.45, 7) is 3.34. The fourth-order valence-corrected chi connectivity index (χ4v) is 2.62. The highest BCUT2D eigenvalue weighted by Gasteiger charge is 2.35. The van der Waals surface area contributed by atoms with Gasteiger partial charge in [0, 0.05) is 18.0 Å². The number of hydrogen-bond donors (Lipinski definition) is 4. The van der Waals surface area contributed by atoms with Crippen molar-refractivity contribution < 1.29 is 20.1 Å². The zero-order valence-corrected chi connectivity index (χ0v) is 13.5. The minimum absolute atomic E-state index is 0.127. The Morgan fingerprint density at radius 1 is 1.50 bits per heavy atom. The minimum atomic E-state index is -0.919. The summed E-state index contributed by atoms with van der Waals surface area (Å²) < 4.78 is 7.30. The van der Waals surface area contributed by atoms with Crippen LogP contribution in [0.4, 0.5) is 5.82 Å². The number of nitrogens with zero attached hydrogens (tertiary/aromatic N) is 4. The van der Waals surface area contributed by atoms with Crippen molar-refractivity contribution in [2.45, 2.75) is 31.0 Å². The molecule has 10 heteroatoms. The molecule has 1 saturated heterocycles. The van der Waals surface area contributed by atoms with Crippen LogP contribution in [0, 0.1) is 0 Å². The van der Waals surface area contributed by atoms with E-state index in [4.69, 9.17) is 16.3 Å². The first-order chi connectivity index (χ1) is 11.5. The van der Waals surface area contributed by atoms with Gasteiger partial charge in [-0.15, -0.1) is 0 Å². The van der Waals surface area contributed by atoms with E-state index < -0.39 is 24.5 Å². The van der Waals surface area contributed by atoms with Gasteiger partial charge in [0.25, 0.3) is 0 Å². The van der Waals surface area contributed by atoms with Gasteiger partial charge in [-0.2, -0.15) is 0 Å². The number of halogens is 1. The molecule has 0 radical (unpaired) electrons. The second kappa shape index (κ2) is 6.99. The van der Waals surface area contributed by atoms with Gasteiger partial charge in [-0.25, -0.2) is 15.0 Å². The monoisotopic (exact) mass is 355 g/mol. The third-order valence-corrected chi connectivity index (χ3v) is 4.13. The average Bonchev–Trinajstić information content (AvgIpc) is 3.15. The molecule has 130 valence electrons. The molecule has 9 nitrogen and oxygen atoms in total. The van der Waals surface area contributed by atoms with Crippen LogP contribution in [0.15, 0.2) is 24.3 Å². The molecule has 1 aliphatic rings. The lowest BCUT2D eigenvalue weighted by molar-refractivity contribution is -0.0432. The third kappa shape index (κ3) is 3.21. The van der Waals surface area contributed by atoms with Crippen LogP contribution in [-0.4, -0.2) is 66.3 Å². The first-order valence-corrected chi connectivity index (χ1v) is 7.77. The second-order valence-corrected chi connectivity index (χ2v) is 5.99. The van der Waals surface area contributed by atoms with Crippen LogP contribution in [-0.2, 0) is 4.74 Å². The summed E-state index contributed by atoms with van der Waals surface area (Å²) in [6.07, 6.45) is 0.459. The number of fused-ring (bicyclic) bond motifs is 1. The van der Waals surface area contributed by atoms with E-state index in [-0.39, 0.29) is 18.2 Å². The van der Waals surface area contributed by atoms with Crippen molar-refractivity contribution in [2.75, 3.05) is 18.5 Å². The molecule has 0 aromatic carbocycles. The predicted octanol–water partition coefficient (Wildman–Crippen LogP) is -0.00770. The van der Waals surface area contributed by atoms with Gasteiger partial charge in [0.2, 0.25) is 0 Å². The Morgan fingerprint density at radius 2 is 2.29 bits per heavy atom. The molecule has 0 saturated carbocycles. The lowest BCUT2D eigenvalue weighted by Gasteiger charge is -2.14. The Bertz CT molecular complexity index is 739. The summed E-state index contributed by atoms with van der Waals surface area (Å²) in [5, 5.41) is 31.8. The van der Waals surface area contributed by atoms with Gasteiger partial charge in [-0.3, -0.25) is 4.57 Å². The van der Waals surface area contributed by atoms with Crippen LogP contribution in [0.2, 0.25) is 0 Å². The number of nitrogens with one attached hydrogen (secondary N) is 1. The number of hydrogen-bond acceptors (Lipinski definition) is 8. The van der Waals surface area contributed by atoms with Crippen LogP contribution in [0.5, 0.6) is 0 Å². The maximum atomic E-state index is 9.87. The quantitative estimate of drug-likeness (QED) is 0.570. The Labute approximate surface area is 142 Å². The van der Waals surface area contributed by atoms with Gasteiger partial charge in [-0.05, 0) is 0 Å². The van der Waals surface area contributed by atoms with E-state index in [1.165, 1.54) is 6.33 Å². The molecule has 1 fully saturated rings. The van der Waals surface area contributed by atoms with Gasteiger partial charge < -0.3 is 25.4 Å². The zero-order valence-electron chi connectivity index (χ0n) is 12.7. The molecular formula is C14H18ClN5O4. The lowest BCUT2D eigenvalue weighted by Crippen LogP contribution is -2.24. The van der Waals surface area contributed by atoms with Crippen molar-refractivity contribution in [3.63, 3.8) is 0 Å². The molecule has 4 N–H and O–H groups in total. The maximum Gasteiger partial charge on any atom is 0.167 e. The topological polar surface area (TPSA) is 126 Å². The molecule has 1 unspecified atom stereocenters. The number of anilines is 1. The smallest absolute Gasteiger partial charge is 0.167 e. The molecule has 0 spiro atoms. The molecule has 0 amide bonds. The summed E-state index contributed by atoms with van der Waals surface area (Å²) in [6, 6.07) is 0. The van der Waals surface area contributed by atoms with Crippen molar-refractivity contribution >= 4 is 28.6 Å². The molecule has 0 bridgehead atoms. The van der Waals surface area contributed by atoms with E-state index in [9.17, 15) is 15.3 Å². The molecule has 0 aliphatic carbocycles. The molecule has 2 aromatic heterocycles. The van der Waals surface area contributed by atoms with Crippen molar-refractivity contribution in [1.29, 1.82) is 0 Å². The number of aliphatic hydroxyl groups is 3. The Hall–Kier alpha value is -1.78. The molecule has 2 aromatic rings. The molecule has 3 rings (SSSR count). The third-order valence-electron chi connectivity index (χ3n) is 3.88. The van der Waals surface area contributed by atoms with E-state index >= 15 is 0 Å². The van der Waals surface area contributed by atoms with E-state index in [1.807, 2.05) is 0 Å². The van der Waals surface area contributed by atoms with Crippen LogP contribution in [0.25, 0.3) is 11.2 Å². The number of ether oxygens (including phenoxy) is 1. The van der Waals surface area contributed by atoms with Gasteiger partial charge in [0.15, 0.2) is 17.0 Å². The van der Waals surface area contributed by atoms with Crippen molar-refractivity contribution in [2.24, 2.45) is 0 Å². The highest BCUT2D eigenvalue weighted by molar-refractivity contribution is 6.29. The van der Waals surface area contributed by atoms with E-state index in [2.05, 4.69) is 26.8 Å². The van der Waals surface area contributed by atoms with E-state index in [0.717, 1.165) is 0 Å². The number of imidazole rings is 1.